The van der Waals surface area contributed by atoms with Crippen LogP contribution in [-0.4, -0.2) is 65.7 Å². The number of pyridine rings is 1. The number of morpholine rings is 1. The van der Waals surface area contributed by atoms with Crippen molar-refractivity contribution >= 4 is 38.3 Å². The van der Waals surface area contributed by atoms with Gasteiger partial charge in [-0.2, -0.15) is 0 Å². The molecule has 9 nitrogen and oxygen atoms in total. The molecule has 4 aromatic rings. The Balaban J connectivity index is 1.27. The molecular weight excluding hydrogens is 569 g/mol. The second-order valence-corrected chi connectivity index (χ2v) is 10.8. The average molecular weight is 598 g/mol. The van der Waals surface area contributed by atoms with Crippen molar-refractivity contribution in [2.24, 2.45) is 0 Å². The summed E-state index contributed by atoms with van der Waals surface area (Å²) in [6, 6.07) is 9.58. The Labute approximate surface area is 232 Å². The van der Waals surface area contributed by atoms with E-state index in [4.69, 9.17) is 14.5 Å². The Morgan fingerprint density at radius 2 is 2.18 bits per heavy atom. The number of fused-ring (bicyclic) bond motifs is 2. The van der Waals surface area contributed by atoms with Gasteiger partial charge in [0.05, 0.1) is 40.5 Å². The highest BCUT2D eigenvalue weighted by molar-refractivity contribution is 9.10. The first-order chi connectivity index (χ1) is 18.9. The number of aromatic nitrogens is 3. The minimum atomic E-state index is -0.804. The first kappa shape index (κ1) is 25.8. The molecule has 4 heterocycles. The molecule has 0 unspecified atom stereocenters. The van der Waals surface area contributed by atoms with Crippen LogP contribution < -0.4 is 20.5 Å². The monoisotopic (exact) mass is 597 g/mol. The molecule has 0 bridgehead atoms. The lowest BCUT2D eigenvalue weighted by Gasteiger charge is -2.33. The van der Waals surface area contributed by atoms with Crippen molar-refractivity contribution in [2.75, 3.05) is 49.7 Å². The van der Waals surface area contributed by atoms with Crippen molar-refractivity contribution < 1.29 is 19.0 Å². The second-order valence-electron chi connectivity index (χ2n) is 9.92. The second kappa shape index (κ2) is 10.6. The number of benzene rings is 2. The Morgan fingerprint density at radius 3 is 3.03 bits per heavy atom. The molecule has 2 aromatic heterocycles. The summed E-state index contributed by atoms with van der Waals surface area (Å²) in [5.41, 5.74) is 5.85. The number of H-pyrrole nitrogens is 2. The molecule has 0 aliphatic carbocycles. The normalized spacial score (nSPS) is 17.7. The number of anilines is 2. The number of aliphatic hydroxyl groups excluding tert-OH is 1. The van der Waals surface area contributed by atoms with Crippen molar-refractivity contribution in [3.05, 3.63) is 68.0 Å². The van der Waals surface area contributed by atoms with Gasteiger partial charge < -0.3 is 34.8 Å². The van der Waals surface area contributed by atoms with Crippen molar-refractivity contribution in [2.45, 2.75) is 25.6 Å². The highest BCUT2D eigenvalue weighted by Crippen LogP contribution is 2.37. The van der Waals surface area contributed by atoms with Crippen molar-refractivity contribution in [3.8, 4) is 17.1 Å². The SMILES string of the molecule is Cc1cc(N2CCO[C@H](CF)C2)cc2[nH]c(-c3c(NC[C@H](O)c4cc(Br)c5c(c4)CCO5)cc[nH]c3=O)nc12. The summed E-state index contributed by atoms with van der Waals surface area (Å²) in [5, 5.41) is 14.2. The summed E-state index contributed by atoms with van der Waals surface area (Å²) in [7, 11) is 0. The third-order valence-electron chi connectivity index (χ3n) is 7.27. The molecule has 204 valence electrons. The fourth-order valence-corrected chi connectivity index (χ4v) is 5.91. The first-order valence-electron chi connectivity index (χ1n) is 12.9. The summed E-state index contributed by atoms with van der Waals surface area (Å²) >= 11 is 3.53. The van der Waals surface area contributed by atoms with E-state index in [0.29, 0.717) is 43.4 Å². The predicted molar refractivity (Wildman–Crippen MR) is 152 cm³/mol. The summed E-state index contributed by atoms with van der Waals surface area (Å²) in [6.45, 7) is 3.88. The zero-order valence-electron chi connectivity index (χ0n) is 21.4. The predicted octanol–water partition coefficient (Wildman–Crippen LogP) is 4.24. The standard InChI is InChI=1S/C28H29BrFN5O4/c1-15-8-18(35-5-7-38-19(12-30)14-35)11-22-25(15)34-27(33-22)24-21(2-4-31-28(24)37)32-13-23(36)17-9-16-3-6-39-26(16)20(29)10-17/h2,4,8-11,19,23,36H,3,5-7,12-14H2,1H3,(H,33,34)(H2,31,32,37)/t19-,23+/m1/s1. The van der Waals surface area contributed by atoms with Gasteiger partial charge >= 0.3 is 0 Å². The van der Waals surface area contributed by atoms with Gasteiger partial charge in [0.15, 0.2) is 0 Å². The molecule has 4 N–H and O–H groups in total. The van der Waals surface area contributed by atoms with Crippen LogP contribution in [0, 0.1) is 6.92 Å². The van der Waals surface area contributed by atoms with Gasteiger partial charge in [-0.3, -0.25) is 4.79 Å². The number of alkyl halides is 1. The molecular formula is C28H29BrFN5O4. The molecule has 0 radical (unpaired) electrons. The quantitative estimate of drug-likeness (QED) is 0.252. The van der Waals surface area contributed by atoms with E-state index in [1.807, 2.05) is 31.2 Å². The van der Waals surface area contributed by atoms with Crippen LogP contribution in [0.15, 0.2) is 45.8 Å². The minimum absolute atomic E-state index is 0.193. The minimum Gasteiger partial charge on any atom is -0.492 e. The number of rotatable bonds is 7. The van der Waals surface area contributed by atoms with E-state index in [9.17, 15) is 14.3 Å². The fourth-order valence-electron chi connectivity index (χ4n) is 5.28. The lowest BCUT2D eigenvalue weighted by molar-refractivity contribution is 0.0247. The van der Waals surface area contributed by atoms with Crippen LogP contribution >= 0.6 is 15.9 Å². The summed E-state index contributed by atoms with van der Waals surface area (Å²) in [6.07, 6.45) is 1.12. The van der Waals surface area contributed by atoms with Crippen molar-refractivity contribution in [1.82, 2.24) is 15.0 Å². The third kappa shape index (κ3) is 5.02. The van der Waals surface area contributed by atoms with E-state index in [0.717, 1.165) is 50.1 Å². The average Bonchev–Trinajstić information content (AvgIpc) is 3.59. The third-order valence-corrected chi connectivity index (χ3v) is 7.86. The van der Waals surface area contributed by atoms with E-state index in [1.54, 1.807) is 12.3 Å². The summed E-state index contributed by atoms with van der Waals surface area (Å²) < 4.78 is 25.1. The Morgan fingerprint density at radius 1 is 1.31 bits per heavy atom. The van der Waals surface area contributed by atoms with Gasteiger partial charge in [0.25, 0.3) is 5.56 Å². The zero-order chi connectivity index (χ0) is 27.1. The van der Waals surface area contributed by atoms with Crippen LogP contribution in [0.25, 0.3) is 22.4 Å². The number of imidazole rings is 1. The number of hydrogen-bond acceptors (Lipinski definition) is 7. The van der Waals surface area contributed by atoms with Crippen LogP contribution in [-0.2, 0) is 11.2 Å². The van der Waals surface area contributed by atoms with Crippen LogP contribution in [0.3, 0.4) is 0 Å². The lowest BCUT2D eigenvalue weighted by Crippen LogP contribution is -2.43. The van der Waals surface area contributed by atoms with E-state index >= 15 is 0 Å². The van der Waals surface area contributed by atoms with Gasteiger partial charge in [-0.25, -0.2) is 9.37 Å². The molecule has 2 aliphatic heterocycles. The van der Waals surface area contributed by atoms with Gasteiger partial charge in [-0.1, -0.05) is 0 Å². The van der Waals surface area contributed by atoms with Crippen LogP contribution in [0.5, 0.6) is 5.75 Å². The first-order valence-corrected chi connectivity index (χ1v) is 13.7. The largest absolute Gasteiger partial charge is 0.492 e. The van der Waals surface area contributed by atoms with Gasteiger partial charge in [0.1, 0.15) is 29.9 Å². The number of aryl methyl sites for hydroxylation is 1. The van der Waals surface area contributed by atoms with Gasteiger partial charge in [-0.05, 0) is 69.9 Å². The number of aromatic amines is 2. The van der Waals surface area contributed by atoms with E-state index in [1.165, 1.54) is 0 Å². The molecule has 1 saturated heterocycles. The van der Waals surface area contributed by atoms with Gasteiger partial charge in [0, 0.05) is 37.9 Å². The Bertz CT molecular complexity index is 1590. The number of halogens is 2. The molecule has 39 heavy (non-hydrogen) atoms. The van der Waals surface area contributed by atoms with E-state index < -0.39 is 18.9 Å². The zero-order valence-corrected chi connectivity index (χ0v) is 23.0. The molecule has 0 saturated carbocycles. The van der Waals surface area contributed by atoms with E-state index in [-0.39, 0.29) is 12.1 Å². The van der Waals surface area contributed by atoms with Crippen molar-refractivity contribution in [1.29, 1.82) is 0 Å². The molecule has 0 spiro atoms. The molecule has 2 aliphatic rings. The molecule has 2 atom stereocenters. The smallest absolute Gasteiger partial charge is 0.261 e. The van der Waals surface area contributed by atoms with Crippen molar-refractivity contribution in [3.63, 3.8) is 0 Å². The Hall–Kier alpha value is -3.41. The molecule has 11 heteroatoms. The van der Waals surface area contributed by atoms with Crippen LogP contribution in [0.1, 0.15) is 22.8 Å². The lowest BCUT2D eigenvalue weighted by atomic mass is 10.0. The maximum Gasteiger partial charge on any atom is 0.261 e. The number of aliphatic hydroxyl groups is 1. The topological polar surface area (TPSA) is 115 Å². The fraction of sp³-hybridized carbons (Fsp3) is 0.357. The molecule has 1 fully saturated rings. The van der Waals surface area contributed by atoms with Gasteiger partial charge in [0.2, 0.25) is 0 Å². The maximum absolute atomic E-state index is 13.2. The van der Waals surface area contributed by atoms with Crippen LogP contribution in [0.2, 0.25) is 0 Å². The van der Waals surface area contributed by atoms with Crippen LogP contribution in [0.4, 0.5) is 15.8 Å². The maximum atomic E-state index is 13.2. The number of nitrogens with one attached hydrogen (secondary N) is 3. The highest BCUT2D eigenvalue weighted by Gasteiger charge is 2.23. The van der Waals surface area contributed by atoms with E-state index in [2.05, 4.69) is 36.1 Å². The number of hydrogen-bond donors (Lipinski definition) is 4. The molecule has 6 rings (SSSR count). The highest BCUT2D eigenvalue weighted by atomic mass is 79.9. The number of nitrogens with zero attached hydrogens (tertiary/aromatic N) is 2. The summed E-state index contributed by atoms with van der Waals surface area (Å²) in [4.78, 5) is 25.9. The molecule has 0 amide bonds. The summed E-state index contributed by atoms with van der Waals surface area (Å²) in [5.74, 6) is 1.25. The molecule has 2 aromatic carbocycles. The van der Waals surface area contributed by atoms with Gasteiger partial charge in [-0.15, -0.1) is 0 Å². The Kier molecular flexibility index (Phi) is 7.05. The number of ether oxygens (including phenoxy) is 2.